The molecule has 10 heteroatoms. The number of aromatic nitrogens is 2. The number of amides is 2. The van der Waals surface area contributed by atoms with Gasteiger partial charge in [0.15, 0.2) is 0 Å². The molecule has 2 heterocycles. The largest absolute Gasteiger partial charge is 0.405 e. The number of fused-ring (bicyclic) bond motifs is 1. The Hall–Kier alpha value is -3.07. The lowest BCUT2D eigenvalue weighted by Crippen LogP contribution is -2.51. The van der Waals surface area contributed by atoms with Crippen molar-refractivity contribution in [1.82, 2.24) is 20.0 Å². The van der Waals surface area contributed by atoms with Crippen molar-refractivity contribution in [3.8, 4) is 0 Å². The molecule has 0 saturated carbocycles. The predicted molar refractivity (Wildman–Crippen MR) is 114 cm³/mol. The Labute approximate surface area is 186 Å². The van der Waals surface area contributed by atoms with Gasteiger partial charge in [0.05, 0.1) is 5.52 Å². The van der Waals surface area contributed by atoms with Crippen LogP contribution in [0.5, 0.6) is 0 Å². The van der Waals surface area contributed by atoms with E-state index in [0.29, 0.717) is 46.7 Å². The summed E-state index contributed by atoms with van der Waals surface area (Å²) in [6.07, 6.45) is -2.71. The van der Waals surface area contributed by atoms with E-state index in [9.17, 15) is 22.8 Å². The summed E-state index contributed by atoms with van der Waals surface area (Å²) in [7, 11) is 0. The normalized spacial score (nSPS) is 14.5. The Balaban J connectivity index is 1.39. The van der Waals surface area contributed by atoms with E-state index in [1.807, 2.05) is 5.32 Å². The lowest BCUT2D eigenvalue weighted by atomic mass is 9.99. The van der Waals surface area contributed by atoms with Crippen molar-refractivity contribution in [3.05, 3.63) is 64.3 Å². The average Bonchev–Trinajstić information content (AvgIpc) is 3.08. The first-order chi connectivity index (χ1) is 15.1. The van der Waals surface area contributed by atoms with Crippen LogP contribution in [-0.4, -0.2) is 52.3 Å². The highest BCUT2D eigenvalue weighted by molar-refractivity contribution is 6.30. The van der Waals surface area contributed by atoms with Gasteiger partial charge in [-0.1, -0.05) is 11.6 Å². The number of hydrogen-bond acceptors (Lipinski definition) is 3. The van der Waals surface area contributed by atoms with Gasteiger partial charge >= 0.3 is 6.18 Å². The molecule has 0 atom stereocenters. The van der Waals surface area contributed by atoms with E-state index in [1.165, 1.54) is 0 Å². The molecule has 1 aromatic heterocycles. The molecule has 2 amide bonds. The van der Waals surface area contributed by atoms with Gasteiger partial charge in [0.2, 0.25) is 0 Å². The lowest BCUT2D eigenvalue weighted by Gasteiger charge is -2.39. The molecular formula is C22H20ClF3N4O2. The van der Waals surface area contributed by atoms with Crippen molar-refractivity contribution in [2.45, 2.75) is 19.6 Å². The van der Waals surface area contributed by atoms with Crippen LogP contribution in [0, 0.1) is 12.8 Å². The number of aryl methyl sites for hydroxylation is 1. The van der Waals surface area contributed by atoms with E-state index in [0.717, 1.165) is 0 Å². The minimum Gasteiger partial charge on any atom is -0.343 e. The van der Waals surface area contributed by atoms with Crippen LogP contribution in [0.2, 0.25) is 5.02 Å². The maximum absolute atomic E-state index is 12.5. The van der Waals surface area contributed by atoms with Crippen molar-refractivity contribution < 1.29 is 22.8 Å². The summed E-state index contributed by atoms with van der Waals surface area (Å²) in [6, 6.07) is 10.00. The maximum atomic E-state index is 12.5. The van der Waals surface area contributed by atoms with Gasteiger partial charge in [-0.15, -0.1) is 0 Å². The van der Waals surface area contributed by atoms with E-state index in [-0.39, 0.29) is 17.4 Å². The number of likely N-dealkylation sites (tertiary alicyclic amines) is 1. The maximum Gasteiger partial charge on any atom is 0.405 e. The topological polar surface area (TPSA) is 67.2 Å². The molecule has 0 aliphatic carbocycles. The Bertz CT molecular complexity index is 1170. The van der Waals surface area contributed by atoms with E-state index >= 15 is 0 Å². The van der Waals surface area contributed by atoms with Gasteiger partial charge in [0.25, 0.3) is 11.8 Å². The molecule has 32 heavy (non-hydrogen) atoms. The highest BCUT2D eigenvalue weighted by atomic mass is 35.5. The molecule has 168 valence electrons. The number of carbonyl (C=O) groups is 2. The zero-order chi connectivity index (χ0) is 23.0. The van der Waals surface area contributed by atoms with Crippen molar-refractivity contribution in [2.75, 3.05) is 19.6 Å². The Kier molecular flexibility index (Phi) is 5.85. The van der Waals surface area contributed by atoms with Gasteiger partial charge in [-0.3, -0.25) is 14.3 Å². The minimum atomic E-state index is -4.47. The van der Waals surface area contributed by atoms with Crippen LogP contribution in [0.3, 0.4) is 0 Å². The quantitative estimate of drug-likeness (QED) is 0.619. The summed E-state index contributed by atoms with van der Waals surface area (Å²) < 4.78 is 38.9. The van der Waals surface area contributed by atoms with Crippen molar-refractivity contribution >= 4 is 34.3 Å². The summed E-state index contributed by atoms with van der Waals surface area (Å²) in [5, 5.41) is 7.65. The van der Waals surface area contributed by atoms with Crippen LogP contribution in [0.4, 0.5) is 13.2 Å². The molecule has 0 unspecified atom stereocenters. The third-order valence-electron chi connectivity index (χ3n) is 5.37. The first-order valence-corrected chi connectivity index (χ1v) is 10.3. The fourth-order valence-electron chi connectivity index (χ4n) is 3.73. The number of alkyl halides is 3. The van der Waals surface area contributed by atoms with Crippen LogP contribution < -0.4 is 5.32 Å². The van der Waals surface area contributed by atoms with Crippen LogP contribution >= 0.6 is 11.6 Å². The van der Waals surface area contributed by atoms with E-state index in [4.69, 9.17) is 11.6 Å². The van der Waals surface area contributed by atoms with Crippen LogP contribution in [0.1, 0.15) is 26.3 Å². The number of carbonyl (C=O) groups excluding carboxylic acids is 2. The molecule has 1 fully saturated rings. The number of rotatable bonds is 5. The number of nitrogens with one attached hydrogen (secondary N) is 1. The summed E-state index contributed by atoms with van der Waals surface area (Å²) in [4.78, 5) is 26.4. The second-order valence-electron chi connectivity index (χ2n) is 7.96. The molecule has 1 aliphatic rings. The van der Waals surface area contributed by atoms with Gasteiger partial charge in [0.1, 0.15) is 6.54 Å². The van der Waals surface area contributed by atoms with Gasteiger partial charge in [0, 0.05) is 53.3 Å². The molecule has 6 nitrogen and oxygen atoms in total. The van der Waals surface area contributed by atoms with Gasteiger partial charge < -0.3 is 10.2 Å². The third-order valence-corrected chi connectivity index (χ3v) is 5.62. The van der Waals surface area contributed by atoms with Crippen LogP contribution in [0.25, 0.3) is 10.9 Å². The second-order valence-corrected chi connectivity index (χ2v) is 8.39. The van der Waals surface area contributed by atoms with Crippen molar-refractivity contribution in [2.24, 2.45) is 5.92 Å². The van der Waals surface area contributed by atoms with Crippen LogP contribution in [-0.2, 0) is 6.54 Å². The summed E-state index contributed by atoms with van der Waals surface area (Å²) in [6.45, 7) is 2.07. The SMILES string of the molecule is Cc1cc2nn(CC3CN(C(=O)c4ccc(Cl)cc4)C3)cc2cc1C(=O)NCC(F)(F)F. The molecule has 0 radical (unpaired) electrons. The average molecular weight is 465 g/mol. The van der Waals surface area contributed by atoms with Gasteiger partial charge in [-0.05, 0) is 48.9 Å². The van der Waals surface area contributed by atoms with Gasteiger partial charge in [-0.25, -0.2) is 0 Å². The highest BCUT2D eigenvalue weighted by Crippen LogP contribution is 2.24. The van der Waals surface area contributed by atoms with Crippen molar-refractivity contribution in [1.29, 1.82) is 0 Å². The predicted octanol–water partition coefficient (Wildman–Crippen LogP) is 4.06. The first kappa shape index (κ1) is 22.1. The lowest BCUT2D eigenvalue weighted by molar-refractivity contribution is -0.123. The molecule has 3 aromatic rings. The third kappa shape index (κ3) is 4.88. The molecule has 1 N–H and O–H groups in total. The molecule has 0 bridgehead atoms. The fourth-order valence-corrected chi connectivity index (χ4v) is 3.86. The Morgan fingerprint density at radius 3 is 2.53 bits per heavy atom. The molecule has 4 rings (SSSR count). The number of halogens is 4. The van der Waals surface area contributed by atoms with Crippen LogP contribution in [0.15, 0.2) is 42.6 Å². The fraction of sp³-hybridized carbons (Fsp3) is 0.318. The summed E-state index contributed by atoms with van der Waals surface area (Å²) in [5.41, 5.74) is 1.98. The highest BCUT2D eigenvalue weighted by Gasteiger charge is 2.32. The number of benzene rings is 2. The minimum absolute atomic E-state index is 0.0475. The van der Waals surface area contributed by atoms with E-state index in [1.54, 1.807) is 59.1 Å². The standard InChI is InChI=1S/C22H20ClF3N4O2/c1-13-6-19-16(7-18(13)20(31)27-12-22(24,25)26)11-30(28-19)10-14-8-29(9-14)21(32)15-2-4-17(23)5-3-15/h2-7,11,14H,8-10,12H2,1H3,(H,27,31). The Morgan fingerprint density at radius 2 is 1.88 bits per heavy atom. The first-order valence-electron chi connectivity index (χ1n) is 9.96. The van der Waals surface area contributed by atoms with Crippen molar-refractivity contribution in [3.63, 3.8) is 0 Å². The number of nitrogens with zero attached hydrogens (tertiary/aromatic N) is 3. The van der Waals surface area contributed by atoms with E-state index < -0.39 is 18.6 Å². The zero-order valence-electron chi connectivity index (χ0n) is 17.1. The molecule has 0 spiro atoms. The van der Waals surface area contributed by atoms with E-state index in [2.05, 4.69) is 5.10 Å². The number of hydrogen-bond donors (Lipinski definition) is 1. The van der Waals surface area contributed by atoms with Gasteiger partial charge in [-0.2, -0.15) is 18.3 Å². The second kappa shape index (κ2) is 8.46. The summed E-state index contributed by atoms with van der Waals surface area (Å²) >= 11 is 5.86. The summed E-state index contributed by atoms with van der Waals surface area (Å²) in [5.74, 6) is -0.588. The zero-order valence-corrected chi connectivity index (χ0v) is 17.9. The molecule has 1 aliphatic heterocycles. The monoisotopic (exact) mass is 464 g/mol. The molecule has 2 aromatic carbocycles. The Morgan fingerprint density at radius 1 is 1.19 bits per heavy atom. The smallest absolute Gasteiger partial charge is 0.343 e. The molecular weight excluding hydrogens is 445 g/mol. The molecule has 1 saturated heterocycles.